The van der Waals surface area contributed by atoms with Gasteiger partial charge in [0.1, 0.15) is 5.82 Å². The third kappa shape index (κ3) is 4.55. The summed E-state index contributed by atoms with van der Waals surface area (Å²) in [4.78, 5) is 17.8. The molecular weight excluding hydrogens is 429 g/mol. The van der Waals surface area contributed by atoms with Crippen molar-refractivity contribution in [1.82, 2.24) is 19.7 Å². The first-order valence-corrected chi connectivity index (χ1v) is 11.5. The predicted octanol–water partition coefficient (Wildman–Crippen LogP) is 5.02. The van der Waals surface area contributed by atoms with Crippen LogP contribution in [0.3, 0.4) is 0 Å². The Hall–Kier alpha value is -2.56. The Balaban J connectivity index is 1.38. The average Bonchev–Trinajstić information content (AvgIpc) is 3.47. The fourth-order valence-corrected chi connectivity index (χ4v) is 4.89. The lowest BCUT2D eigenvalue weighted by atomic mass is 10.2. The first-order chi connectivity index (χ1) is 14.1. The zero-order chi connectivity index (χ0) is 20.2. The molecule has 148 valence electrons. The largest absolute Gasteiger partial charge is 0.302 e. The minimum Gasteiger partial charge on any atom is -0.302 e. The van der Waals surface area contributed by atoms with Crippen LogP contribution in [0.4, 0.5) is 9.52 Å². The summed E-state index contributed by atoms with van der Waals surface area (Å²) in [5, 5.41) is 16.3. The Morgan fingerprint density at radius 1 is 1.21 bits per heavy atom. The quantitative estimate of drug-likeness (QED) is 0.405. The van der Waals surface area contributed by atoms with Crippen molar-refractivity contribution < 1.29 is 9.18 Å². The number of hydrogen-bond acceptors (Lipinski definition) is 7. The SMILES string of the molecule is CCn1c(SCC(=O)Nc2nc(-c3ccc(F)cc3)cs2)nnc1-c1cccs1. The summed E-state index contributed by atoms with van der Waals surface area (Å²) in [6, 6.07) is 10.1. The maximum absolute atomic E-state index is 13.1. The fraction of sp³-hybridized carbons (Fsp3) is 0.158. The molecule has 10 heteroatoms. The summed E-state index contributed by atoms with van der Waals surface area (Å²) in [6.07, 6.45) is 0. The molecule has 0 aliphatic rings. The first-order valence-electron chi connectivity index (χ1n) is 8.75. The smallest absolute Gasteiger partial charge is 0.236 e. The third-order valence-electron chi connectivity index (χ3n) is 4.00. The van der Waals surface area contributed by atoms with E-state index in [1.807, 2.05) is 34.4 Å². The molecule has 0 atom stereocenters. The third-order valence-corrected chi connectivity index (χ3v) is 6.59. The van der Waals surface area contributed by atoms with Crippen LogP contribution in [0.5, 0.6) is 0 Å². The van der Waals surface area contributed by atoms with E-state index in [4.69, 9.17) is 0 Å². The molecule has 29 heavy (non-hydrogen) atoms. The highest BCUT2D eigenvalue weighted by molar-refractivity contribution is 7.99. The number of rotatable bonds is 7. The molecule has 3 heterocycles. The number of anilines is 1. The van der Waals surface area contributed by atoms with Gasteiger partial charge in [-0.15, -0.1) is 32.9 Å². The van der Waals surface area contributed by atoms with Gasteiger partial charge in [-0.3, -0.25) is 4.79 Å². The van der Waals surface area contributed by atoms with Gasteiger partial charge < -0.3 is 9.88 Å². The van der Waals surface area contributed by atoms with Crippen molar-refractivity contribution >= 4 is 45.5 Å². The number of halogens is 1. The highest BCUT2D eigenvalue weighted by Gasteiger charge is 2.16. The summed E-state index contributed by atoms with van der Waals surface area (Å²) in [5.74, 6) is 0.554. The number of benzene rings is 1. The van der Waals surface area contributed by atoms with Crippen molar-refractivity contribution in [1.29, 1.82) is 0 Å². The topological polar surface area (TPSA) is 72.7 Å². The standard InChI is InChI=1S/C19H16FN5OS3/c1-2-25-17(15-4-3-9-27-15)23-24-19(25)29-11-16(26)22-18-21-14(10-28-18)12-5-7-13(20)8-6-12/h3-10H,2,11H2,1H3,(H,21,22,26). The van der Waals surface area contributed by atoms with Crippen molar-refractivity contribution in [2.75, 3.05) is 11.1 Å². The zero-order valence-electron chi connectivity index (χ0n) is 15.3. The molecule has 0 aliphatic heterocycles. The van der Waals surface area contributed by atoms with Gasteiger partial charge in [-0.2, -0.15) is 0 Å². The number of thiazole rings is 1. The van der Waals surface area contributed by atoms with Crippen LogP contribution in [0.25, 0.3) is 22.0 Å². The molecule has 4 rings (SSSR count). The zero-order valence-corrected chi connectivity index (χ0v) is 17.8. The van der Waals surface area contributed by atoms with Crippen molar-refractivity contribution in [3.63, 3.8) is 0 Å². The Morgan fingerprint density at radius 3 is 2.76 bits per heavy atom. The number of thioether (sulfide) groups is 1. The van der Waals surface area contributed by atoms with E-state index in [1.165, 1.54) is 35.2 Å². The summed E-state index contributed by atoms with van der Waals surface area (Å²) in [6.45, 7) is 2.74. The number of carbonyl (C=O) groups is 1. The lowest BCUT2D eigenvalue weighted by molar-refractivity contribution is -0.113. The van der Waals surface area contributed by atoms with E-state index in [0.717, 1.165) is 22.8 Å². The van der Waals surface area contributed by atoms with Crippen LogP contribution in [0.2, 0.25) is 0 Å². The van der Waals surface area contributed by atoms with Crippen LogP contribution in [0, 0.1) is 5.82 Å². The molecule has 0 aliphatic carbocycles. The number of nitrogens with zero attached hydrogens (tertiary/aromatic N) is 4. The number of nitrogens with one attached hydrogen (secondary N) is 1. The van der Waals surface area contributed by atoms with E-state index in [0.29, 0.717) is 16.0 Å². The Morgan fingerprint density at radius 2 is 2.03 bits per heavy atom. The van der Waals surface area contributed by atoms with Gasteiger partial charge in [-0.05, 0) is 42.6 Å². The van der Waals surface area contributed by atoms with Crippen LogP contribution < -0.4 is 5.32 Å². The second-order valence-corrected chi connectivity index (χ2v) is 8.66. The molecule has 1 aromatic carbocycles. The van der Waals surface area contributed by atoms with Crippen LogP contribution in [-0.4, -0.2) is 31.4 Å². The summed E-state index contributed by atoms with van der Waals surface area (Å²) < 4.78 is 15.1. The number of hydrogen-bond donors (Lipinski definition) is 1. The predicted molar refractivity (Wildman–Crippen MR) is 116 cm³/mol. The van der Waals surface area contributed by atoms with Crippen molar-refractivity contribution in [3.05, 3.63) is 53.0 Å². The molecule has 6 nitrogen and oxygen atoms in total. The highest BCUT2D eigenvalue weighted by Crippen LogP contribution is 2.28. The fourth-order valence-electron chi connectivity index (χ4n) is 2.64. The molecule has 0 fully saturated rings. The van der Waals surface area contributed by atoms with E-state index in [-0.39, 0.29) is 17.5 Å². The van der Waals surface area contributed by atoms with Crippen LogP contribution in [-0.2, 0) is 11.3 Å². The second kappa shape index (κ2) is 8.85. The number of aromatic nitrogens is 4. The van der Waals surface area contributed by atoms with E-state index in [1.54, 1.807) is 23.5 Å². The van der Waals surface area contributed by atoms with E-state index in [2.05, 4.69) is 20.5 Å². The van der Waals surface area contributed by atoms with Crippen LogP contribution >= 0.6 is 34.4 Å². The average molecular weight is 446 g/mol. The molecule has 3 aromatic heterocycles. The summed E-state index contributed by atoms with van der Waals surface area (Å²) in [7, 11) is 0. The van der Waals surface area contributed by atoms with Gasteiger partial charge in [-0.25, -0.2) is 9.37 Å². The lowest BCUT2D eigenvalue weighted by Gasteiger charge is -2.06. The molecular formula is C19H16FN5OS3. The van der Waals surface area contributed by atoms with Crippen molar-refractivity contribution in [2.45, 2.75) is 18.6 Å². The Bertz CT molecular complexity index is 1110. The molecule has 0 bridgehead atoms. The van der Waals surface area contributed by atoms with Gasteiger partial charge in [0, 0.05) is 17.5 Å². The molecule has 0 saturated carbocycles. The van der Waals surface area contributed by atoms with Crippen LogP contribution in [0.15, 0.2) is 52.3 Å². The minimum absolute atomic E-state index is 0.168. The van der Waals surface area contributed by atoms with Crippen molar-refractivity contribution in [2.24, 2.45) is 0 Å². The van der Waals surface area contributed by atoms with Gasteiger partial charge in [0.2, 0.25) is 5.91 Å². The van der Waals surface area contributed by atoms with Gasteiger partial charge in [0.05, 0.1) is 16.3 Å². The van der Waals surface area contributed by atoms with E-state index >= 15 is 0 Å². The molecule has 0 saturated heterocycles. The lowest BCUT2D eigenvalue weighted by Crippen LogP contribution is -2.14. The van der Waals surface area contributed by atoms with Gasteiger partial charge in [0.15, 0.2) is 16.1 Å². The number of amides is 1. The monoisotopic (exact) mass is 445 g/mol. The first kappa shape index (κ1) is 19.7. The molecule has 0 spiro atoms. The van der Waals surface area contributed by atoms with Gasteiger partial charge in [-0.1, -0.05) is 17.8 Å². The van der Waals surface area contributed by atoms with Crippen LogP contribution in [0.1, 0.15) is 6.92 Å². The summed E-state index contributed by atoms with van der Waals surface area (Å²) >= 11 is 4.28. The summed E-state index contributed by atoms with van der Waals surface area (Å²) in [5.41, 5.74) is 1.50. The maximum atomic E-state index is 13.1. The van der Waals surface area contributed by atoms with Gasteiger partial charge >= 0.3 is 0 Å². The van der Waals surface area contributed by atoms with E-state index in [9.17, 15) is 9.18 Å². The number of carbonyl (C=O) groups excluding carboxylic acids is 1. The van der Waals surface area contributed by atoms with Crippen molar-refractivity contribution in [3.8, 4) is 22.0 Å². The normalized spacial score (nSPS) is 11.0. The minimum atomic E-state index is -0.295. The molecule has 1 amide bonds. The maximum Gasteiger partial charge on any atom is 0.236 e. The van der Waals surface area contributed by atoms with E-state index < -0.39 is 0 Å². The molecule has 0 unspecified atom stereocenters. The molecule has 1 N–H and O–H groups in total. The van der Waals surface area contributed by atoms with Gasteiger partial charge in [0.25, 0.3) is 0 Å². The second-order valence-electron chi connectivity index (χ2n) is 5.91. The Labute approximate surface area is 178 Å². The number of thiophene rings is 1. The highest BCUT2D eigenvalue weighted by atomic mass is 32.2. The Kier molecular flexibility index (Phi) is 6.02. The molecule has 0 radical (unpaired) electrons. The molecule has 4 aromatic rings.